The maximum Gasteiger partial charge on any atom is 0.279 e. The lowest BCUT2D eigenvalue weighted by molar-refractivity contribution is -0.135. The first kappa shape index (κ1) is 21.6. The van der Waals surface area contributed by atoms with E-state index in [1.54, 1.807) is 43.3 Å². The van der Waals surface area contributed by atoms with Gasteiger partial charge in [0.2, 0.25) is 5.91 Å². The summed E-state index contributed by atoms with van der Waals surface area (Å²) in [6.07, 6.45) is 2.29. The molecule has 0 aromatic heterocycles. The molecule has 0 heterocycles. The Hall–Kier alpha value is -3.09. The van der Waals surface area contributed by atoms with Gasteiger partial charge in [-0.3, -0.25) is 20.4 Å². The Labute approximate surface area is 175 Å². The van der Waals surface area contributed by atoms with Crippen molar-refractivity contribution in [2.45, 2.75) is 51.0 Å². The lowest BCUT2D eigenvalue weighted by Crippen LogP contribution is -2.53. The number of benzene rings is 2. The molecular weight excluding hydrogens is 387 g/mol. The fourth-order valence-corrected chi connectivity index (χ4v) is 3.77. The molecule has 1 aliphatic carbocycles. The zero-order chi connectivity index (χ0) is 21.6. The Balaban J connectivity index is 1.58. The van der Waals surface area contributed by atoms with E-state index in [0.717, 1.165) is 24.2 Å². The van der Waals surface area contributed by atoms with Crippen LogP contribution in [0.25, 0.3) is 0 Å². The third-order valence-corrected chi connectivity index (χ3v) is 5.40. The molecule has 1 aliphatic rings. The van der Waals surface area contributed by atoms with Gasteiger partial charge in [-0.1, -0.05) is 25.0 Å². The van der Waals surface area contributed by atoms with Crippen LogP contribution in [0, 0.1) is 5.82 Å². The van der Waals surface area contributed by atoms with Crippen LogP contribution in [0.5, 0.6) is 11.5 Å². The number of halogens is 1. The van der Waals surface area contributed by atoms with Gasteiger partial charge in [-0.2, -0.15) is 0 Å². The molecule has 0 radical (unpaired) electrons. The number of hydrogen-bond donors (Lipinski definition) is 2. The largest absolute Gasteiger partial charge is 0.494 e. The summed E-state index contributed by atoms with van der Waals surface area (Å²) in [5.41, 5.74) is 4.99. The minimum Gasteiger partial charge on any atom is -0.494 e. The first-order chi connectivity index (χ1) is 14.4. The third-order valence-electron chi connectivity index (χ3n) is 5.40. The molecule has 6 nitrogen and oxygen atoms in total. The topological polar surface area (TPSA) is 76.7 Å². The fraction of sp³-hybridized carbons (Fsp3) is 0.391. The molecule has 160 valence electrons. The Kier molecular flexibility index (Phi) is 6.92. The Morgan fingerprint density at radius 2 is 1.60 bits per heavy atom. The summed E-state index contributed by atoms with van der Waals surface area (Å²) in [7, 11) is 0. The fourth-order valence-electron chi connectivity index (χ4n) is 3.77. The van der Waals surface area contributed by atoms with Crippen molar-refractivity contribution in [3.05, 3.63) is 59.9 Å². The highest BCUT2D eigenvalue weighted by Crippen LogP contribution is 2.41. The second kappa shape index (κ2) is 9.61. The summed E-state index contributed by atoms with van der Waals surface area (Å²) in [6.45, 7) is 4.07. The predicted molar refractivity (Wildman–Crippen MR) is 111 cm³/mol. The van der Waals surface area contributed by atoms with Crippen molar-refractivity contribution in [3.8, 4) is 11.5 Å². The smallest absolute Gasteiger partial charge is 0.279 e. The van der Waals surface area contributed by atoms with Crippen molar-refractivity contribution in [1.82, 2.24) is 10.9 Å². The highest BCUT2D eigenvalue weighted by molar-refractivity contribution is 5.91. The van der Waals surface area contributed by atoms with E-state index in [1.807, 2.05) is 6.92 Å². The highest BCUT2D eigenvalue weighted by atomic mass is 19.1. The van der Waals surface area contributed by atoms with Gasteiger partial charge in [0.05, 0.1) is 12.0 Å². The monoisotopic (exact) mass is 414 g/mol. The number of nitrogens with one attached hydrogen (secondary N) is 2. The maximum atomic E-state index is 13.3. The van der Waals surface area contributed by atoms with Crippen LogP contribution in [0.15, 0.2) is 48.5 Å². The molecule has 1 fully saturated rings. The molecule has 2 aromatic carbocycles. The van der Waals surface area contributed by atoms with E-state index >= 15 is 0 Å². The Bertz CT molecular complexity index is 862. The van der Waals surface area contributed by atoms with Crippen molar-refractivity contribution in [2.75, 3.05) is 6.61 Å². The van der Waals surface area contributed by atoms with E-state index in [0.29, 0.717) is 25.2 Å². The van der Waals surface area contributed by atoms with Crippen LogP contribution in [0.3, 0.4) is 0 Å². The molecule has 0 bridgehead atoms. The molecular formula is C23H27FN2O4. The number of amides is 2. The van der Waals surface area contributed by atoms with Crippen molar-refractivity contribution in [3.63, 3.8) is 0 Å². The van der Waals surface area contributed by atoms with Gasteiger partial charge in [-0.15, -0.1) is 0 Å². The Morgan fingerprint density at radius 1 is 1.00 bits per heavy atom. The molecule has 0 spiro atoms. The molecule has 7 heteroatoms. The first-order valence-corrected chi connectivity index (χ1v) is 10.2. The molecule has 0 aliphatic heterocycles. The zero-order valence-electron chi connectivity index (χ0n) is 17.2. The van der Waals surface area contributed by atoms with Crippen molar-refractivity contribution in [1.29, 1.82) is 0 Å². The SMILES string of the molecule is CCOc1ccc(OC(C)C(=O)NNC(=O)C2(c3ccc(F)cc3)CCCC2)cc1. The zero-order valence-corrected chi connectivity index (χ0v) is 17.2. The normalized spacial score (nSPS) is 15.8. The third kappa shape index (κ3) is 4.90. The van der Waals surface area contributed by atoms with Crippen LogP contribution in [-0.4, -0.2) is 24.5 Å². The molecule has 3 rings (SSSR count). The number of carbonyl (C=O) groups excluding carboxylic acids is 2. The van der Waals surface area contributed by atoms with Gasteiger partial charge >= 0.3 is 0 Å². The van der Waals surface area contributed by atoms with E-state index < -0.39 is 17.4 Å². The summed E-state index contributed by atoms with van der Waals surface area (Å²) in [6, 6.07) is 12.9. The van der Waals surface area contributed by atoms with Crippen molar-refractivity contribution >= 4 is 11.8 Å². The number of hydrazine groups is 1. The van der Waals surface area contributed by atoms with Gasteiger partial charge in [-0.25, -0.2) is 4.39 Å². The molecule has 0 saturated heterocycles. The molecule has 2 aromatic rings. The van der Waals surface area contributed by atoms with Gasteiger partial charge in [0.1, 0.15) is 17.3 Å². The molecule has 30 heavy (non-hydrogen) atoms. The minimum atomic E-state index is -0.811. The van der Waals surface area contributed by atoms with Gasteiger partial charge in [0, 0.05) is 0 Å². The second-order valence-corrected chi connectivity index (χ2v) is 7.40. The quantitative estimate of drug-likeness (QED) is 0.678. The number of carbonyl (C=O) groups is 2. The lowest BCUT2D eigenvalue weighted by atomic mass is 9.78. The van der Waals surface area contributed by atoms with E-state index in [9.17, 15) is 14.0 Å². The average molecular weight is 414 g/mol. The van der Waals surface area contributed by atoms with Crippen LogP contribution in [0.1, 0.15) is 45.1 Å². The molecule has 1 atom stereocenters. The molecule has 2 amide bonds. The van der Waals surface area contributed by atoms with Gasteiger partial charge < -0.3 is 9.47 Å². The predicted octanol–water partition coefficient (Wildman–Crippen LogP) is 3.65. The summed E-state index contributed by atoms with van der Waals surface area (Å²) in [5, 5.41) is 0. The summed E-state index contributed by atoms with van der Waals surface area (Å²) in [4.78, 5) is 25.4. The second-order valence-electron chi connectivity index (χ2n) is 7.40. The summed E-state index contributed by atoms with van der Waals surface area (Å²) >= 11 is 0. The average Bonchev–Trinajstić information content (AvgIpc) is 3.25. The van der Waals surface area contributed by atoms with E-state index in [4.69, 9.17) is 9.47 Å². The standard InChI is InChI=1S/C23H27FN2O4/c1-3-29-19-10-12-20(13-11-19)30-16(2)21(27)25-26-22(28)23(14-4-5-15-23)17-6-8-18(24)9-7-17/h6-13,16H,3-5,14-15H2,1-2H3,(H,25,27)(H,26,28). The van der Waals surface area contributed by atoms with Gasteiger partial charge in [0.25, 0.3) is 5.91 Å². The van der Waals surface area contributed by atoms with Crippen LogP contribution in [-0.2, 0) is 15.0 Å². The van der Waals surface area contributed by atoms with E-state index in [1.165, 1.54) is 12.1 Å². The number of ether oxygens (including phenoxy) is 2. The maximum absolute atomic E-state index is 13.3. The van der Waals surface area contributed by atoms with Crippen LogP contribution in [0.4, 0.5) is 4.39 Å². The minimum absolute atomic E-state index is 0.298. The van der Waals surface area contributed by atoms with Crippen molar-refractivity contribution in [2.24, 2.45) is 0 Å². The van der Waals surface area contributed by atoms with Gasteiger partial charge in [0.15, 0.2) is 6.10 Å². The number of rotatable bonds is 7. The Morgan fingerprint density at radius 3 is 2.20 bits per heavy atom. The van der Waals surface area contributed by atoms with E-state index in [-0.39, 0.29) is 11.7 Å². The first-order valence-electron chi connectivity index (χ1n) is 10.2. The van der Waals surface area contributed by atoms with Gasteiger partial charge in [-0.05, 0) is 68.7 Å². The highest BCUT2D eigenvalue weighted by Gasteiger charge is 2.43. The van der Waals surface area contributed by atoms with Crippen LogP contribution < -0.4 is 20.3 Å². The summed E-state index contributed by atoms with van der Waals surface area (Å²) in [5.74, 6) is 0.126. The lowest BCUT2D eigenvalue weighted by Gasteiger charge is -2.28. The van der Waals surface area contributed by atoms with Crippen LogP contribution in [0.2, 0.25) is 0 Å². The summed E-state index contributed by atoms with van der Waals surface area (Å²) < 4.78 is 24.3. The molecule has 2 N–H and O–H groups in total. The number of hydrogen-bond acceptors (Lipinski definition) is 4. The van der Waals surface area contributed by atoms with Crippen LogP contribution >= 0.6 is 0 Å². The molecule has 1 unspecified atom stereocenters. The van der Waals surface area contributed by atoms with E-state index in [2.05, 4.69) is 10.9 Å². The van der Waals surface area contributed by atoms with Crippen molar-refractivity contribution < 1.29 is 23.5 Å². The molecule has 1 saturated carbocycles.